The summed E-state index contributed by atoms with van der Waals surface area (Å²) in [6.07, 6.45) is 0.874. The zero-order chi connectivity index (χ0) is 10.1. The van der Waals surface area contributed by atoms with Gasteiger partial charge in [0.05, 0.1) is 0 Å². The molecule has 1 heterocycles. The van der Waals surface area contributed by atoms with Crippen molar-refractivity contribution in [2.24, 2.45) is 5.73 Å². The van der Waals surface area contributed by atoms with Crippen LogP contribution < -0.4 is 5.73 Å². The molecular weight excluding hydrogens is 194 g/mol. The van der Waals surface area contributed by atoms with Crippen molar-refractivity contribution >= 4 is 21.4 Å². The molecule has 0 saturated carbocycles. The zero-order valence-electron chi connectivity index (χ0n) is 8.03. The predicted molar refractivity (Wildman–Crippen MR) is 60.8 cm³/mol. The number of hydrogen-bond donors (Lipinski definition) is 2. The van der Waals surface area contributed by atoms with Gasteiger partial charge in [0, 0.05) is 21.0 Å². The third-order valence-corrected chi connectivity index (χ3v) is 3.24. The maximum absolute atomic E-state index is 9.59. The molecule has 1 unspecified atom stereocenters. The Labute approximate surface area is 87.0 Å². The summed E-state index contributed by atoms with van der Waals surface area (Å²) in [5.41, 5.74) is 5.73. The lowest BCUT2D eigenvalue weighted by atomic mass is 10.2. The van der Waals surface area contributed by atoms with Crippen LogP contribution in [0.15, 0.2) is 24.3 Å². The van der Waals surface area contributed by atoms with Crippen LogP contribution in [0.2, 0.25) is 0 Å². The van der Waals surface area contributed by atoms with E-state index >= 15 is 0 Å². The van der Waals surface area contributed by atoms with Gasteiger partial charge in [-0.3, -0.25) is 0 Å². The molecule has 0 fully saturated rings. The molecule has 0 amide bonds. The molecule has 1 aromatic heterocycles. The lowest BCUT2D eigenvalue weighted by molar-refractivity contribution is 0.482. The molecule has 3 N–H and O–H groups in total. The first-order valence-electron chi connectivity index (χ1n) is 4.63. The molecule has 0 aliphatic rings. The molecule has 14 heavy (non-hydrogen) atoms. The van der Waals surface area contributed by atoms with Crippen LogP contribution in [0.4, 0.5) is 0 Å². The lowest BCUT2D eigenvalue weighted by Gasteiger charge is -1.99. The number of nitrogens with two attached hydrogens (primary N) is 1. The Bertz CT molecular complexity index is 447. The molecule has 0 spiro atoms. The van der Waals surface area contributed by atoms with E-state index in [-0.39, 0.29) is 6.04 Å². The van der Waals surface area contributed by atoms with E-state index < -0.39 is 0 Å². The van der Waals surface area contributed by atoms with Crippen molar-refractivity contribution in [1.29, 1.82) is 0 Å². The Hall–Kier alpha value is -1.06. The summed E-state index contributed by atoms with van der Waals surface area (Å²) in [4.78, 5) is 1.23. The molecule has 74 valence electrons. The first-order valence-corrected chi connectivity index (χ1v) is 5.44. The van der Waals surface area contributed by atoms with E-state index in [0.29, 0.717) is 5.75 Å². The van der Waals surface area contributed by atoms with Gasteiger partial charge >= 0.3 is 0 Å². The fourth-order valence-corrected chi connectivity index (χ4v) is 2.74. The summed E-state index contributed by atoms with van der Waals surface area (Å²) in [6.45, 7) is 1.99. The number of aromatic hydroxyl groups is 1. The van der Waals surface area contributed by atoms with Crippen LogP contribution in [0.25, 0.3) is 10.1 Å². The van der Waals surface area contributed by atoms with Gasteiger partial charge in [-0.25, -0.2) is 0 Å². The van der Waals surface area contributed by atoms with Gasteiger partial charge in [-0.2, -0.15) is 0 Å². The van der Waals surface area contributed by atoms with Crippen molar-refractivity contribution in [3.8, 4) is 5.75 Å². The van der Waals surface area contributed by atoms with Gasteiger partial charge in [-0.1, -0.05) is 6.07 Å². The summed E-state index contributed by atoms with van der Waals surface area (Å²) >= 11 is 1.70. The third kappa shape index (κ3) is 1.74. The van der Waals surface area contributed by atoms with Crippen LogP contribution in [-0.4, -0.2) is 11.1 Å². The Morgan fingerprint density at radius 1 is 1.50 bits per heavy atom. The second-order valence-electron chi connectivity index (χ2n) is 3.58. The Morgan fingerprint density at radius 2 is 2.29 bits per heavy atom. The van der Waals surface area contributed by atoms with Crippen molar-refractivity contribution in [1.82, 2.24) is 0 Å². The smallest absolute Gasteiger partial charge is 0.124 e. The monoisotopic (exact) mass is 207 g/mol. The zero-order valence-corrected chi connectivity index (χ0v) is 8.84. The van der Waals surface area contributed by atoms with Gasteiger partial charge in [-0.15, -0.1) is 11.3 Å². The van der Waals surface area contributed by atoms with E-state index in [9.17, 15) is 5.11 Å². The molecule has 3 heteroatoms. The maximum atomic E-state index is 9.59. The quantitative estimate of drug-likeness (QED) is 0.794. The highest BCUT2D eigenvalue weighted by Crippen LogP contribution is 2.32. The molecular formula is C11H13NOS. The standard InChI is InChI=1S/C11H13NOS/c1-7(12)5-8-6-9-10(13)3-2-4-11(9)14-8/h2-4,6-7,13H,5,12H2,1H3. The molecule has 1 atom stereocenters. The number of rotatable bonds is 2. The molecule has 0 aliphatic heterocycles. The minimum absolute atomic E-state index is 0.171. The van der Waals surface area contributed by atoms with Gasteiger partial charge in [0.1, 0.15) is 5.75 Å². The predicted octanol–water partition coefficient (Wildman–Crippen LogP) is 2.50. The highest BCUT2D eigenvalue weighted by atomic mass is 32.1. The van der Waals surface area contributed by atoms with E-state index in [1.54, 1.807) is 17.4 Å². The molecule has 2 aromatic rings. The number of benzene rings is 1. The van der Waals surface area contributed by atoms with E-state index in [0.717, 1.165) is 16.5 Å². The van der Waals surface area contributed by atoms with Crippen LogP contribution in [0, 0.1) is 0 Å². The number of thiophene rings is 1. The number of fused-ring (bicyclic) bond motifs is 1. The topological polar surface area (TPSA) is 46.2 Å². The minimum Gasteiger partial charge on any atom is -0.507 e. The van der Waals surface area contributed by atoms with Crippen molar-refractivity contribution in [2.75, 3.05) is 0 Å². The van der Waals surface area contributed by atoms with Crippen LogP contribution >= 0.6 is 11.3 Å². The average Bonchev–Trinajstić information content (AvgIpc) is 2.47. The summed E-state index contributed by atoms with van der Waals surface area (Å²) in [6, 6.07) is 7.79. The fourth-order valence-electron chi connectivity index (χ4n) is 1.52. The van der Waals surface area contributed by atoms with Crippen molar-refractivity contribution in [3.05, 3.63) is 29.1 Å². The molecule has 0 radical (unpaired) electrons. The third-order valence-electron chi connectivity index (χ3n) is 2.11. The number of hydrogen-bond acceptors (Lipinski definition) is 3. The Kier molecular flexibility index (Phi) is 2.44. The van der Waals surface area contributed by atoms with E-state index in [1.807, 2.05) is 25.1 Å². The Balaban J connectivity index is 2.46. The van der Waals surface area contributed by atoms with Crippen LogP contribution in [0.5, 0.6) is 5.75 Å². The summed E-state index contributed by atoms with van der Waals surface area (Å²) in [5, 5.41) is 10.5. The summed E-state index contributed by atoms with van der Waals surface area (Å²) in [5.74, 6) is 0.356. The van der Waals surface area contributed by atoms with E-state index in [4.69, 9.17) is 5.73 Å². The van der Waals surface area contributed by atoms with Gasteiger partial charge in [0.2, 0.25) is 0 Å². The summed E-state index contributed by atoms with van der Waals surface area (Å²) < 4.78 is 1.13. The minimum atomic E-state index is 0.171. The molecule has 0 aliphatic carbocycles. The first kappa shape index (κ1) is 9.49. The second-order valence-corrected chi connectivity index (χ2v) is 4.75. The van der Waals surface area contributed by atoms with Crippen molar-refractivity contribution in [3.63, 3.8) is 0 Å². The normalized spacial score (nSPS) is 13.3. The summed E-state index contributed by atoms with van der Waals surface area (Å²) in [7, 11) is 0. The fraction of sp³-hybridized carbons (Fsp3) is 0.273. The molecule has 0 saturated heterocycles. The number of phenolic OH excluding ortho intramolecular Hbond substituents is 1. The highest BCUT2D eigenvalue weighted by Gasteiger charge is 2.06. The molecule has 0 bridgehead atoms. The van der Waals surface area contributed by atoms with E-state index in [2.05, 4.69) is 0 Å². The lowest BCUT2D eigenvalue weighted by Crippen LogP contribution is -2.16. The van der Waals surface area contributed by atoms with Crippen LogP contribution in [-0.2, 0) is 6.42 Å². The second kappa shape index (κ2) is 3.59. The maximum Gasteiger partial charge on any atom is 0.124 e. The van der Waals surface area contributed by atoms with Crippen molar-refractivity contribution in [2.45, 2.75) is 19.4 Å². The van der Waals surface area contributed by atoms with Gasteiger partial charge < -0.3 is 10.8 Å². The molecule has 2 nitrogen and oxygen atoms in total. The van der Waals surface area contributed by atoms with Gasteiger partial charge in [0.25, 0.3) is 0 Å². The molecule has 1 aromatic carbocycles. The Morgan fingerprint density at radius 3 is 2.93 bits per heavy atom. The van der Waals surface area contributed by atoms with Gasteiger partial charge in [-0.05, 0) is 31.5 Å². The first-order chi connectivity index (χ1) is 6.66. The molecule has 2 rings (SSSR count). The average molecular weight is 207 g/mol. The SMILES string of the molecule is CC(N)Cc1cc2c(O)cccc2s1. The highest BCUT2D eigenvalue weighted by molar-refractivity contribution is 7.19. The van der Waals surface area contributed by atoms with Crippen LogP contribution in [0.1, 0.15) is 11.8 Å². The van der Waals surface area contributed by atoms with E-state index in [1.165, 1.54) is 4.88 Å². The van der Waals surface area contributed by atoms with Crippen LogP contribution in [0.3, 0.4) is 0 Å². The largest absolute Gasteiger partial charge is 0.507 e. The van der Waals surface area contributed by atoms with Crippen molar-refractivity contribution < 1.29 is 5.11 Å². The number of phenols is 1. The van der Waals surface area contributed by atoms with Gasteiger partial charge in [0.15, 0.2) is 0 Å².